The number of thiophene rings is 1. The van der Waals surface area contributed by atoms with Gasteiger partial charge in [0.2, 0.25) is 5.91 Å². The van der Waals surface area contributed by atoms with E-state index in [4.69, 9.17) is 5.73 Å². The quantitative estimate of drug-likeness (QED) is 0.785. The molecule has 1 aromatic heterocycles. The number of piperidine rings is 1. The molecule has 0 aliphatic carbocycles. The molecule has 0 spiro atoms. The average molecular weight is 307 g/mol. The minimum Gasteiger partial charge on any atom is -0.333 e. The van der Waals surface area contributed by atoms with Crippen LogP contribution in [0.4, 0.5) is 0 Å². The summed E-state index contributed by atoms with van der Waals surface area (Å²) in [6.07, 6.45) is 5.28. The molecular formula is C16H25N3OS. The third kappa shape index (κ3) is 4.66. The Kier molecular flexibility index (Phi) is 6.42. The van der Waals surface area contributed by atoms with Gasteiger partial charge in [0.15, 0.2) is 0 Å². The highest BCUT2D eigenvalue weighted by atomic mass is 32.1. The molecule has 0 bridgehead atoms. The van der Waals surface area contributed by atoms with Crippen LogP contribution in [0.1, 0.15) is 24.1 Å². The minimum atomic E-state index is 0.170. The first-order valence-electron chi connectivity index (χ1n) is 7.59. The van der Waals surface area contributed by atoms with E-state index in [1.54, 1.807) is 17.4 Å². The Bertz CT molecular complexity index is 446. The van der Waals surface area contributed by atoms with Crippen LogP contribution in [0.25, 0.3) is 0 Å². The second-order valence-corrected chi connectivity index (χ2v) is 6.53. The molecule has 1 atom stereocenters. The molecule has 4 nitrogen and oxygen atoms in total. The van der Waals surface area contributed by atoms with Crippen LogP contribution < -0.4 is 5.73 Å². The Morgan fingerprint density at radius 2 is 2.43 bits per heavy atom. The molecule has 1 aliphatic heterocycles. The third-order valence-corrected chi connectivity index (χ3v) is 4.85. The fourth-order valence-electron chi connectivity index (χ4n) is 2.81. The number of hydrogen-bond acceptors (Lipinski definition) is 4. The van der Waals surface area contributed by atoms with Crippen LogP contribution in [-0.4, -0.2) is 47.9 Å². The topological polar surface area (TPSA) is 49.6 Å². The number of rotatable bonds is 7. The van der Waals surface area contributed by atoms with Crippen molar-refractivity contribution in [1.29, 1.82) is 0 Å². The first-order valence-corrected chi connectivity index (χ1v) is 8.47. The van der Waals surface area contributed by atoms with Gasteiger partial charge in [0.1, 0.15) is 0 Å². The highest BCUT2D eigenvalue weighted by molar-refractivity contribution is 7.09. The van der Waals surface area contributed by atoms with E-state index in [2.05, 4.69) is 17.5 Å². The van der Waals surface area contributed by atoms with Crippen molar-refractivity contribution in [2.24, 2.45) is 5.73 Å². The van der Waals surface area contributed by atoms with Gasteiger partial charge >= 0.3 is 0 Å². The molecule has 0 radical (unpaired) electrons. The van der Waals surface area contributed by atoms with Crippen molar-refractivity contribution in [3.63, 3.8) is 0 Å². The van der Waals surface area contributed by atoms with Crippen molar-refractivity contribution in [3.05, 3.63) is 35.0 Å². The lowest BCUT2D eigenvalue weighted by molar-refractivity contribution is -0.133. The predicted molar refractivity (Wildman–Crippen MR) is 88.2 cm³/mol. The maximum Gasteiger partial charge on any atom is 0.237 e. The normalized spacial score (nSPS) is 19.4. The third-order valence-electron chi connectivity index (χ3n) is 3.99. The van der Waals surface area contributed by atoms with Gasteiger partial charge < -0.3 is 10.6 Å². The SMILES string of the molecule is C=CCN(Cc1cccs1)C(=O)CN1CCCCC1CN. The first kappa shape index (κ1) is 16.2. The summed E-state index contributed by atoms with van der Waals surface area (Å²) >= 11 is 1.68. The van der Waals surface area contributed by atoms with Crippen LogP contribution in [0, 0.1) is 0 Å². The van der Waals surface area contributed by atoms with Crippen LogP contribution in [0.5, 0.6) is 0 Å². The van der Waals surface area contributed by atoms with Crippen molar-refractivity contribution < 1.29 is 4.79 Å². The summed E-state index contributed by atoms with van der Waals surface area (Å²) < 4.78 is 0. The molecule has 1 saturated heterocycles. The molecule has 116 valence electrons. The molecule has 2 rings (SSSR count). The molecule has 1 unspecified atom stereocenters. The number of nitrogens with zero attached hydrogens (tertiary/aromatic N) is 2. The number of amides is 1. The molecular weight excluding hydrogens is 282 g/mol. The number of carbonyl (C=O) groups is 1. The Morgan fingerprint density at radius 1 is 1.57 bits per heavy atom. The Morgan fingerprint density at radius 3 is 3.10 bits per heavy atom. The van der Waals surface area contributed by atoms with Gasteiger partial charge in [-0.05, 0) is 30.8 Å². The van der Waals surface area contributed by atoms with E-state index in [1.165, 1.54) is 11.3 Å². The lowest BCUT2D eigenvalue weighted by Gasteiger charge is -2.35. The molecule has 1 aliphatic rings. The lowest BCUT2D eigenvalue weighted by Crippen LogP contribution is -2.49. The predicted octanol–water partition coefficient (Wildman–Crippen LogP) is 2.08. The molecule has 0 saturated carbocycles. The van der Waals surface area contributed by atoms with Crippen LogP contribution in [0.2, 0.25) is 0 Å². The van der Waals surface area contributed by atoms with E-state index in [9.17, 15) is 4.79 Å². The van der Waals surface area contributed by atoms with E-state index >= 15 is 0 Å². The Balaban J connectivity index is 1.95. The van der Waals surface area contributed by atoms with Crippen LogP contribution >= 0.6 is 11.3 Å². The van der Waals surface area contributed by atoms with E-state index in [-0.39, 0.29) is 5.91 Å². The molecule has 1 fully saturated rings. The van der Waals surface area contributed by atoms with Crippen molar-refractivity contribution in [3.8, 4) is 0 Å². The first-order chi connectivity index (χ1) is 10.2. The summed E-state index contributed by atoms with van der Waals surface area (Å²) in [6, 6.07) is 4.44. The summed E-state index contributed by atoms with van der Waals surface area (Å²) in [5.41, 5.74) is 5.83. The number of carbonyl (C=O) groups excluding carboxylic acids is 1. The zero-order valence-electron chi connectivity index (χ0n) is 12.5. The van der Waals surface area contributed by atoms with E-state index < -0.39 is 0 Å². The largest absolute Gasteiger partial charge is 0.333 e. The fraction of sp³-hybridized carbons (Fsp3) is 0.562. The molecule has 2 heterocycles. The van der Waals surface area contributed by atoms with Crippen molar-refractivity contribution in [2.45, 2.75) is 31.8 Å². The second kappa shape index (κ2) is 8.32. The number of likely N-dealkylation sites (tertiary alicyclic amines) is 1. The van der Waals surface area contributed by atoms with Crippen LogP contribution in [-0.2, 0) is 11.3 Å². The summed E-state index contributed by atoms with van der Waals surface area (Å²) in [7, 11) is 0. The van der Waals surface area contributed by atoms with Gasteiger partial charge in [-0.3, -0.25) is 9.69 Å². The molecule has 21 heavy (non-hydrogen) atoms. The van der Waals surface area contributed by atoms with Gasteiger partial charge in [-0.15, -0.1) is 17.9 Å². The van der Waals surface area contributed by atoms with Gasteiger partial charge in [-0.1, -0.05) is 18.6 Å². The summed E-state index contributed by atoms with van der Waals surface area (Å²) in [5.74, 6) is 0.170. The summed E-state index contributed by atoms with van der Waals surface area (Å²) in [5, 5.41) is 2.04. The number of nitrogens with two attached hydrogens (primary N) is 1. The Labute approximate surface area is 131 Å². The van der Waals surface area contributed by atoms with Gasteiger partial charge in [-0.25, -0.2) is 0 Å². The monoisotopic (exact) mass is 307 g/mol. The number of hydrogen-bond donors (Lipinski definition) is 1. The van der Waals surface area contributed by atoms with Crippen LogP contribution in [0.15, 0.2) is 30.2 Å². The lowest BCUT2D eigenvalue weighted by atomic mass is 10.0. The summed E-state index contributed by atoms with van der Waals surface area (Å²) in [4.78, 5) is 17.9. The second-order valence-electron chi connectivity index (χ2n) is 5.50. The fourth-order valence-corrected chi connectivity index (χ4v) is 3.53. The smallest absolute Gasteiger partial charge is 0.237 e. The Hall–Kier alpha value is -1.17. The van der Waals surface area contributed by atoms with Gasteiger partial charge in [0.25, 0.3) is 0 Å². The van der Waals surface area contributed by atoms with Crippen molar-refractivity contribution in [2.75, 3.05) is 26.2 Å². The maximum absolute atomic E-state index is 12.6. The molecule has 2 N–H and O–H groups in total. The molecule has 1 aromatic rings. The van der Waals surface area contributed by atoms with E-state index in [0.717, 1.165) is 19.4 Å². The highest BCUT2D eigenvalue weighted by Gasteiger charge is 2.25. The van der Waals surface area contributed by atoms with Crippen molar-refractivity contribution >= 4 is 17.2 Å². The zero-order chi connectivity index (χ0) is 15.1. The van der Waals surface area contributed by atoms with Gasteiger partial charge in [0.05, 0.1) is 13.1 Å². The zero-order valence-corrected chi connectivity index (χ0v) is 13.4. The van der Waals surface area contributed by atoms with E-state index in [0.29, 0.717) is 32.2 Å². The summed E-state index contributed by atoms with van der Waals surface area (Å²) in [6.45, 7) is 7.12. The average Bonchev–Trinajstić information content (AvgIpc) is 3.00. The highest BCUT2D eigenvalue weighted by Crippen LogP contribution is 2.17. The molecule has 1 amide bonds. The van der Waals surface area contributed by atoms with Crippen molar-refractivity contribution in [1.82, 2.24) is 9.80 Å². The van der Waals surface area contributed by atoms with Gasteiger partial charge in [0, 0.05) is 24.0 Å². The van der Waals surface area contributed by atoms with E-state index in [1.807, 2.05) is 16.3 Å². The standard InChI is InChI=1S/C16H25N3OS/c1-2-8-19(12-15-7-5-10-21-15)16(20)13-18-9-4-3-6-14(18)11-17/h2,5,7,10,14H,1,3-4,6,8-9,11-13,17H2. The minimum absolute atomic E-state index is 0.170. The molecule has 0 aromatic carbocycles. The maximum atomic E-state index is 12.6. The molecule has 5 heteroatoms. The van der Waals surface area contributed by atoms with Crippen LogP contribution in [0.3, 0.4) is 0 Å². The van der Waals surface area contributed by atoms with Gasteiger partial charge in [-0.2, -0.15) is 0 Å².